The Bertz CT molecular complexity index is 347. The third-order valence-electron chi connectivity index (χ3n) is 4.32. The van der Waals surface area contributed by atoms with Gasteiger partial charge in [-0.25, -0.2) is 0 Å². The summed E-state index contributed by atoms with van der Waals surface area (Å²) < 4.78 is 11.1. The first-order valence-corrected chi connectivity index (χ1v) is 9.17. The zero-order valence-electron chi connectivity index (χ0n) is 15.3. The average Bonchev–Trinajstić information content (AvgIpc) is 3.39. The van der Waals surface area contributed by atoms with Crippen molar-refractivity contribution in [3.63, 3.8) is 0 Å². The zero-order chi connectivity index (χ0) is 16.3. The third kappa shape index (κ3) is 9.39. The van der Waals surface area contributed by atoms with Gasteiger partial charge in [-0.3, -0.25) is 9.89 Å². The number of halogens is 1. The number of rotatable bonds is 10. The SMILES string of the molecule is CCNC(=NCCCN1CCOCC1)N(C)CCOCC1CC1.I. The minimum atomic E-state index is 0. The third-order valence-corrected chi connectivity index (χ3v) is 4.32. The van der Waals surface area contributed by atoms with Crippen molar-refractivity contribution in [3.8, 4) is 0 Å². The maximum atomic E-state index is 5.72. The minimum absolute atomic E-state index is 0. The van der Waals surface area contributed by atoms with Crippen LogP contribution in [0.4, 0.5) is 0 Å². The maximum Gasteiger partial charge on any atom is 0.193 e. The molecule has 1 saturated heterocycles. The van der Waals surface area contributed by atoms with Gasteiger partial charge in [-0.05, 0) is 32.1 Å². The van der Waals surface area contributed by atoms with Gasteiger partial charge in [0.15, 0.2) is 5.96 Å². The van der Waals surface area contributed by atoms with Crippen LogP contribution >= 0.6 is 24.0 Å². The second-order valence-electron chi connectivity index (χ2n) is 6.48. The fourth-order valence-electron chi connectivity index (χ4n) is 2.62. The molecule has 0 aromatic carbocycles. The lowest BCUT2D eigenvalue weighted by molar-refractivity contribution is 0.0377. The van der Waals surface area contributed by atoms with Crippen LogP contribution in [0.25, 0.3) is 0 Å². The molecule has 1 N–H and O–H groups in total. The predicted molar refractivity (Wildman–Crippen MR) is 109 cm³/mol. The fourth-order valence-corrected chi connectivity index (χ4v) is 2.62. The molecule has 142 valence electrons. The highest BCUT2D eigenvalue weighted by Gasteiger charge is 2.21. The lowest BCUT2D eigenvalue weighted by atomic mass is 10.3. The molecule has 0 atom stereocenters. The van der Waals surface area contributed by atoms with Crippen molar-refractivity contribution in [2.24, 2.45) is 10.9 Å². The number of morpholine rings is 1. The van der Waals surface area contributed by atoms with E-state index in [1.807, 2.05) is 0 Å². The van der Waals surface area contributed by atoms with Gasteiger partial charge in [0.05, 0.1) is 19.8 Å². The number of guanidine groups is 1. The minimum Gasteiger partial charge on any atom is -0.379 e. The molecule has 2 rings (SSSR count). The van der Waals surface area contributed by atoms with Gasteiger partial charge in [-0.2, -0.15) is 0 Å². The number of hydrogen-bond donors (Lipinski definition) is 1. The summed E-state index contributed by atoms with van der Waals surface area (Å²) in [5.41, 5.74) is 0. The number of likely N-dealkylation sites (N-methyl/N-ethyl adjacent to an activating group) is 1. The zero-order valence-corrected chi connectivity index (χ0v) is 17.7. The first-order chi connectivity index (χ1) is 11.3. The molecule has 0 spiro atoms. The van der Waals surface area contributed by atoms with Gasteiger partial charge >= 0.3 is 0 Å². The van der Waals surface area contributed by atoms with Gasteiger partial charge in [0.2, 0.25) is 0 Å². The summed E-state index contributed by atoms with van der Waals surface area (Å²) in [6.45, 7) is 11.5. The lowest BCUT2D eigenvalue weighted by Crippen LogP contribution is -2.41. The van der Waals surface area contributed by atoms with Gasteiger partial charge in [-0.1, -0.05) is 0 Å². The van der Waals surface area contributed by atoms with Gasteiger partial charge in [0, 0.05) is 52.9 Å². The topological polar surface area (TPSA) is 49.3 Å². The van der Waals surface area contributed by atoms with E-state index >= 15 is 0 Å². The van der Waals surface area contributed by atoms with E-state index in [1.54, 1.807) is 0 Å². The molecule has 24 heavy (non-hydrogen) atoms. The summed E-state index contributed by atoms with van der Waals surface area (Å²) in [6, 6.07) is 0. The molecule has 1 aliphatic carbocycles. The quantitative estimate of drug-likeness (QED) is 0.236. The normalized spacial score (nSPS) is 19.0. The van der Waals surface area contributed by atoms with E-state index in [9.17, 15) is 0 Å². The second-order valence-corrected chi connectivity index (χ2v) is 6.48. The maximum absolute atomic E-state index is 5.72. The van der Waals surface area contributed by atoms with Crippen molar-refractivity contribution in [1.82, 2.24) is 15.1 Å². The van der Waals surface area contributed by atoms with Crippen molar-refractivity contribution in [1.29, 1.82) is 0 Å². The largest absolute Gasteiger partial charge is 0.379 e. The molecular weight excluding hydrogens is 419 g/mol. The molecule has 0 aromatic heterocycles. The Balaban J connectivity index is 0.00000288. The molecule has 0 unspecified atom stereocenters. The van der Waals surface area contributed by atoms with E-state index in [0.717, 1.165) is 84.0 Å². The number of hydrogen-bond acceptors (Lipinski definition) is 4. The van der Waals surface area contributed by atoms with Crippen LogP contribution in [-0.4, -0.2) is 88.5 Å². The Morgan fingerprint density at radius 2 is 2.08 bits per heavy atom. The first-order valence-electron chi connectivity index (χ1n) is 9.17. The van der Waals surface area contributed by atoms with E-state index in [2.05, 4.69) is 29.1 Å². The van der Waals surface area contributed by atoms with Crippen LogP contribution < -0.4 is 5.32 Å². The number of ether oxygens (including phenoxy) is 2. The summed E-state index contributed by atoms with van der Waals surface area (Å²) in [4.78, 5) is 9.37. The molecule has 2 aliphatic rings. The van der Waals surface area contributed by atoms with Crippen LogP contribution in [0, 0.1) is 5.92 Å². The average molecular weight is 454 g/mol. The molecule has 0 radical (unpaired) electrons. The summed E-state index contributed by atoms with van der Waals surface area (Å²) >= 11 is 0. The van der Waals surface area contributed by atoms with Crippen LogP contribution in [0.2, 0.25) is 0 Å². The van der Waals surface area contributed by atoms with Gasteiger partial charge < -0.3 is 19.7 Å². The number of aliphatic imine (C=N–C) groups is 1. The standard InChI is InChI=1S/C17H34N4O2.HI/c1-3-18-17(20(2)9-12-23-15-16-5-6-16)19-7-4-8-21-10-13-22-14-11-21;/h16H,3-15H2,1-2H3,(H,18,19);1H. The monoisotopic (exact) mass is 454 g/mol. The van der Waals surface area contributed by atoms with Crippen LogP contribution in [0.5, 0.6) is 0 Å². The molecule has 6 nitrogen and oxygen atoms in total. The Morgan fingerprint density at radius 1 is 1.33 bits per heavy atom. The highest BCUT2D eigenvalue weighted by Crippen LogP contribution is 2.28. The Labute approximate surface area is 164 Å². The summed E-state index contributed by atoms with van der Waals surface area (Å²) in [5.74, 6) is 1.83. The Morgan fingerprint density at radius 3 is 2.75 bits per heavy atom. The van der Waals surface area contributed by atoms with Gasteiger partial charge in [0.25, 0.3) is 0 Å². The molecule has 0 amide bonds. The van der Waals surface area contributed by atoms with Crippen LogP contribution in [-0.2, 0) is 9.47 Å². The summed E-state index contributed by atoms with van der Waals surface area (Å²) in [5, 5.41) is 3.37. The van der Waals surface area contributed by atoms with Crippen LogP contribution in [0.15, 0.2) is 4.99 Å². The van der Waals surface area contributed by atoms with E-state index < -0.39 is 0 Å². The summed E-state index contributed by atoms with van der Waals surface area (Å²) in [7, 11) is 2.09. The fraction of sp³-hybridized carbons (Fsp3) is 0.941. The molecule has 2 fully saturated rings. The van der Waals surface area contributed by atoms with Crippen molar-refractivity contribution >= 4 is 29.9 Å². The molecule has 0 aromatic rings. The lowest BCUT2D eigenvalue weighted by Gasteiger charge is -2.26. The highest BCUT2D eigenvalue weighted by atomic mass is 127. The molecule has 1 aliphatic heterocycles. The molecule has 1 heterocycles. The van der Waals surface area contributed by atoms with Crippen LogP contribution in [0.1, 0.15) is 26.2 Å². The Kier molecular flexibility index (Phi) is 12.0. The predicted octanol–water partition coefficient (Wildman–Crippen LogP) is 1.65. The van der Waals surface area contributed by atoms with Crippen LogP contribution in [0.3, 0.4) is 0 Å². The van der Waals surface area contributed by atoms with Gasteiger partial charge in [0.1, 0.15) is 0 Å². The van der Waals surface area contributed by atoms with Crippen molar-refractivity contribution in [2.75, 3.05) is 72.7 Å². The van der Waals surface area contributed by atoms with E-state index in [4.69, 9.17) is 14.5 Å². The smallest absolute Gasteiger partial charge is 0.193 e. The Hall–Kier alpha value is -0.120. The molecule has 0 bridgehead atoms. The van der Waals surface area contributed by atoms with Crippen molar-refractivity contribution < 1.29 is 9.47 Å². The van der Waals surface area contributed by atoms with E-state index in [1.165, 1.54) is 12.8 Å². The van der Waals surface area contributed by atoms with Crippen molar-refractivity contribution in [3.05, 3.63) is 0 Å². The van der Waals surface area contributed by atoms with E-state index in [0.29, 0.717) is 0 Å². The van der Waals surface area contributed by atoms with E-state index in [-0.39, 0.29) is 24.0 Å². The summed E-state index contributed by atoms with van der Waals surface area (Å²) in [6.07, 6.45) is 3.80. The number of nitrogens with one attached hydrogen (secondary N) is 1. The second kappa shape index (κ2) is 13.1. The molecule has 7 heteroatoms. The van der Waals surface area contributed by atoms with Crippen molar-refractivity contribution in [2.45, 2.75) is 26.2 Å². The number of nitrogens with zero attached hydrogens (tertiary/aromatic N) is 3. The first kappa shape index (κ1) is 21.9. The molecular formula is C17H35IN4O2. The highest BCUT2D eigenvalue weighted by molar-refractivity contribution is 14.0. The van der Waals surface area contributed by atoms with Gasteiger partial charge in [-0.15, -0.1) is 24.0 Å². The molecule has 1 saturated carbocycles.